The number of nitrogens with zero attached hydrogens (tertiary/aromatic N) is 2. The van der Waals surface area contributed by atoms with Gasteiger partial charge < -0.3 is 9.80 Å². The molecule has 0 aromatic heterocycles. The fraction of sp³-hybridized carbons (Fsp3) is 0.0400. The summed E-state index contributed by atoms with van der Waals surface area (Å²) in [5.74, 6) is 0.172. The van der Waals surface area contributed by atoms with Gasteiger partial charge in [0.15, 0.2) is 0 Å². The largest absolute Gasteiger partial charge is 0.333 e. The lowest BCUT2D eigenvalue weighted by Gasteiger charge is -2.34. The van der Waals surface area contributed by atoms with Crippen LogP contribution >= 0.6 is 0 Å². The molecule has 0 bridgehead atoms. The summed E-state index contributed by atoms with van der Waals surface area (Å²) in [6, 6.07) is 60.2. The zero-order chi connectivity index (χ0) is 34.3. The standard InChI is InChI=1S/C50H34N2/c1-32-39-15-6-7-17-41(39)43-26-24-37(30-46(32)43)51(50-29-35-14-4-5-16-40(35)42-18-8-9-19-44(42)50)38-25-27-49-47(31-38)45-20-10-11-21-48(45)52(49)36-23-22-33-12-2-3-13-34(33)28-36/h2-31,47,49H,1H2. The first-order valence-corrected chi connectivity index (χ1v) is 18.1. The van der Waals surface area contributed by atoms with E-state index in [0.29, 0.717) is 0 Å². The Kier molecular flexibility index (Phi) is 6.26. The molecule has 2 unspecified atom stereocenters. The number of rotatable bonds is 4. The molecule has 8 aromatic carbocycles. The van der Waals surface area contributed by atoms with Gasteiger partial charge in [-0.2, -0.15) is 0 Å². The van der Waals surface area contributed by atoms with E-state index in [1.54, 1.807) is 0 Å². The van der Waals surface area contributed by atoms with E-state index in [-0.39, 0.29) is 12.0 Å². The van der Waals surface area contributed by atoms with E-state index in [4.69, 9.17) is 0 Å². The minimum Gasteiger partial charge on any atom is -0.333 e. The molecule has 0 radical (unpaired) electrons. The van der Waals surface area contributed by atoms with Crippen molar-refractivity contribution in [3.8, 4) is 11.1 Å². The van der Waals surface area contributed by atoms with Crippen LogP contribution in [0.1, 0.15) is 22.6 Å². The monoisotopic (exact) mass is 662 g/mol. The van der Waals surface area contributed by atoms with Crippen molar-refractivity contribution in [1.29, 1.82) is 0 Å². The molecule has 0 fully saturated rings. The maximum absolute atomic E-state index is 4.59. The van der Waals surface area contributed by atoms with Gasteiger partial charge in [0, 0.05) is 34.1 Å². The summed E-state index contributed by atoms with van der Waals surface area (Å²) in [4.78, 5) is 5.02. The Balaban J connectivity index is 1.11. The number of anilines is 4. The van der Waals surface area contributed by atoms with Crippen LogP contribution in [-0.2, 0) is 0 Å². The van der Waals surface area contributed by atoms with Crippen molar-refractivity contribution >= 4 is 60.6 Å². The van der Waals surface area contributed by atoms with Crippen LogP contribution in [0.4, 0.5) is 22.7 Å². The maximum atomic E-state index is 4.59. The van der Waals surface area contributed by atoms with E-state index in [0.717, 1.165) is 17.0 Å². The van der Waals surface area contributed by atoms with Gasteiger partial charge in [0.1, 0.15) is 0 Å². The second-order valence-corrected chi connectivity index (χ2v) is 14.2. The summed E-state index contributed by atoms with van der Waals surface area (Å²) in [6.07, 6.45) is 7.28. The Morgan fingerprint density at radius 3 is 2.10 bits per heavy atom. The third kappa shape index (κ3) is 4.25. The van der Waals surface area contributed by atoms with Gasteiger partial charge in [-0.3, -0.25) is 0 Å². The van der Waals surface area contributed by atoms with Gasteiger partial charge in [-0.15, -0.1) is 0 Å². The Morgan fingerprint density at radius 2 is 1.21 bits per heavy atom. The van der Waals surface area contributed by atoms with E-state index < -0.39 is 0 Å². The highest BCUT2D eigenvalue weighted by molar-refractivity contribution is 6.14. The van der Waals surface area contributed by atoms with Gasteiger partial charge in [0.25, 0.3) is 0 Å². The van der Waals surface area contributed by atoms with E-state index in [9.17, 15) is 0 Å². The fourth-order valence-corrected chi connectivity index (χ4v) is 9.04. The zero-order valence-corrected chi connectivity index (χ0v) is 28.6. The average Bonchev–Trinajstić information content (AvgIpc) is 3.69. The Morgan fingerprint density at radius 1 is 0.519 bits per heavy atom. The molecule has 0 spiro atoms. The average molecular weight is 663 g/mol. The Hall–Kier alpha value is -6.64. The summed E-state index contributed by atoms with van der Waals surface area (Å²) in [5.41, 5.74) is 13.3. The van der Waals surface area contributed by atoms with Crippen LogP contribution in [0.5, 0.6) is 0 Å². The number of hydrogen-bond acceptors (Lipinski definition) is 2. The topological polar surface area (TPSA) is 6.48 Å². The van der Waals surface area contributed by atoms with Gasteiger partial charge in [-0.05, 0) is 103 Å². The second kappa shape index (κ2) is 11.2. The minimum absolute atomic E-state index is 0.159. The van der Waals surface area contributed by atoms with Gasteiger partial charge in [0.05, 0.1) is 11.7 Å². The summed E-state index contributed by atoms with van der Waals surface area (Å²) in [6.45, 7) is 4.59. The smallest absolute Gasteiger partial charge is 0.0631 e. The lowest BCUT2D eigenvalue weighted by Crippen LogP contribution is -2.30. The van der Waals surface area contributed by atoms with Crippen molar-refractivity contribution in [2.24, 2.45) is 0 Å². The predicted molar refractivity (Wildman–Crippen MR) is 220 cm³/mol. The number of allylic oxidation sites excluding steroid dienone is 1. The van der Waals surface area contributed by atoms with Crippen LogP contribution < -0.4 is 9.80 Å². The van der Waals surface area contributed by atoms with Crippen molar-refractivity contribution in [2.45, 2.75) is 12.0 Å². The number of fused-ring (bicyclic) bond motifs is 10. The summed E-state index contributed by atoms with van der Waals surface area (Å²) in [5, 5.41) is 7.49. The number of para-hydroxylation sites is 1. The van der Waals surface area contributed by atoms with E-state index in [2.05, 4.69) is 198 Å². The van der Waals surface area contributed by atoms with Crippen LogP contribution in [0, 0.1) is 0 Å². The lowest BCUT2D eigenvalue weighted by atomic mass is 9.89. The second-order valence-electron chi connectivity index (χ2n) is 14.2. The summed E-state index contributed by atoms with van der Waals surface area (Å²) >= 11 is 0. The first-order chi connectivity index (χ1) is 25.7. The molecule has 11 rings (SSSR count). The molecule has 0 saturated heterocycles. The molecule has 2 heteroatoms. The molecule has 3 aliphatic rings. The van der Waals surface area contributed by atoms with Crippen LogP contribution in [0.2, 0.25) is 0 Å². The van der Waals surface area contributed by atoms with Crippen molar-refractivity contribution in [1.82, 2.24) is 0 Å². The molecular weight excluding hydrogens is 629 g/mol. The van der Waals surface area contributed by atoms with E-state index in [1.807, 2.05) is 0 Å². The highest BCUT2D eigenvalue weighted by atomic mass is 15.2. The molecular formula is C50H34N2. The molecule has 0 saturated carbocycles. The summed E-state index contributed by atoms with van der Waals surface area (Å²) < 4.78 is 0. The fourth-order valence-electron chi connectivity index (χ4n) is 9.04. The Bertz CT molecular complexity index is 2860. The first kappa shape index (κ1) is 29.1. The molecule has 2 aliphatic carbocycles. The van der Waals surface area contributed by atoms with Crippen LogP contribution in [0.15, 0.2) is 194 Å². The number of hydrogen-bond donors (Lipinski definition) is 0. The van der Waals surface area contributed by atoms with Crippen LogP contribution in [0.25, 0.3) is 49.0 Å². The van der Waals surface area contributed by atoms with Gasteiger partial charge in [-0.1, -0.05) is 146 Å². The van der Waals surface area contributed by atoms with Crippen LogP contribution in [-0.4, -0.2) is 6.04 Å². The van der Waals surface area contributed by atoms with Crippen LogP contribution in [0.3, 0.4) is 0 Å². The third-order valence-corrected chi connectivity index (χ3v) is 11.4. The zero-order valence-electron chi connectivity index (χ0n) is 28.6. The normalized spacial score (nSPS) is 16.9. The molecule has 244 valence electrons. The summed E-state index contributed by atoms with van der Waals surface area (Å²) in [7, 11) is 0. The Labute approximate surface area is 303 Å². The van der Waals surface area contributed by atoms with Crippen molar-refractivity contribution in [2.75, 3.05) is 9.80 Å². The van der Waals surface area contributed by atoms with Gasteiger partial charge in [0.2, 0.25) is 0 Å². The third-order valence-electron chi connectivity index (χ3n) is 11.4. The van der Waals surface area contributed by atoms with Gasteiger partial charge in [-0.25, -0.2) is 0 Å². The number of benzene rings is 8. The molecule has 2 atom stereocenters. The molecule has 52 heavy (non-hydrogen) atoms. The molecule has 0 amide bonds. The van der Waals surface area contributed by atoms with Crippen molar-refractivity contribution in [3.63, 3.8) is 0 Å². The molecule has 1 aliphatic heterocycles. The lowest BCUT2D eigenvalue weighted by molar-refractivity contribution is 0.736. The SMILES string of the molecule is C=C1c2ccccc2-c2ccc(N(C3=CC4c5ccccc5N(c5ccc6ccccc6c5)C4C=C3)c3cc4ccccc4c4ccccc34)cc21. The van der Waals surface area contributed by atoms with Crippen molar-refractivity contribution in [3.05, 3.63) is 211 Å². The quantitative estimate of drug-likeness (QED) is 0.173. The van der Waals surface area contributed by atoms with E-state index >= 15 is 0 Å². The van der Waals surface area contributed by atoms with Gasteiger partial charge >= 0.3 is 0 Å². The van der Waals surface area contributed by atoms with E-state index in [1.165, 1.54) is 77.2 Å². The highest BCUT2D eigenvalue weighted by Crippen LogP contribution is 2.51. The molecule has 8 aromatic rings. The minimum atomic E-state index is 0.159. The molecule has 1 heterocycles. The van der Waals surface area contributed by atoms with Crippen molar-refractivity contribution < 1.29 is 0 Å². The highest BCUT2D eigenvalue weighted by Gasteiger charge is 2.39. The first-order valence-electron chi connectivity index (χ1n) is 18.1. The maximum Gasteiger partial charge on any atom is 0.0631 e. The predicted octanol–water partition coefficient (Wildman–Crippen LogP) is 13.1. The molecule has 2 nitrogen and oxygen atoms in total. The molecule has 0 N–H and O–H groups in total.